The molecule has 98 valence electrons. The van der Waals surface area contributed by atoms with E-state index in [2.05, 4.69) is 0 Å². The summed E-state index contributed by atoms with van der Waals surface area (Å²) >= 11 is 1.13. The lowest BCUT2D eigenvalue weighted by Gasteiger charge is -2.17. The van der Waals surface area contributed by atoms with Crippen molar-refractivity contribution >= 4 is 28.5 Å². The molecule has 0 spiro atoms. The summed E-state index contributed by atoms with van der Waals surface area (Å²) in [6.45, 7) is 1.83. The number of amides is 1. The van der Waals surface area contributed by atoms with Gasteiger partial charge in [-0.2, -0.15) is 5.26 Å². The standard InChI is InChI=1S/C13H12N2O3S/c1-8(16)19-10-5-13(18)15(7-10)11-4-9(6-14)2-3-12(11)17/h2-4,10,17H,5,7H2,1H3. The van der Waals surface area contributed by atoms with Crippen molar-refractivity contribution in [1.29, 1.82) is 5.26 Å². The van der Waals surface area contributed by atoms with Crippen LogP contribution in [0.25, 0.3) is 0 Å². The number of rotatable bonds is 2. The fraction of sp³-hybridized carbons (Fsp3) is 0.308. The van der Waals surface area contributed by atoms with Gasteiger partial charge in [0.1, 0.15) is 5.75 Å². The van der Waals surface area contributed by atoms with E-state index in [1.165, 1.54) is 30.0 Å². The maximum atomic E-state index is 11.9. The first-order valence-corrected chi connectivity index (χ1v) is 6.60. The van der Waals surface area contributed by atoms with Crippen LogP contribution >= 0.6 is 11.8 Å². The van der Waals surface area contributed by atoms with Gasteiger partial charge >= 0.3 is 0 Å². The average Bonchev–Trinajstić information content (AvgIpc) is 2.70. The molecule has 1 saturated heterocycles. The summed E-state index contributed by atoms with van der Waals surface area (Å²) < 4.78 is 0. The summed E-state index contributed by atoms with van der Waals surface area (Å²) in [6, 6.07) is 6.33. The normalized spacial score (nSPS) is 18.4. The Kier molecular flexibility index (Phi) is 3.76. The number of aromatic hydroxyl groups is 1. The molecule has 1 N–H and O–H groups in total. The second kappa shape index (κ2) is 5.33. The molecule has 0 aliphatic carbocycles. The Morgan fingerprint density at radius 3 is 2.95 bits per heavy atom. The summed E-state index contributed by atoms with van der Waals surface area (Å²) in [5.41, 5.74) is 0.707. The fourth-order valence-corrected chi connectivity index (χ4v) is 2.95. The van der Waals surface area contributed by atoms with Crippen molar-refractivity contribution in [2.75, 3.05) is 11.4 Å². The van der Waals surface area contributed by atoms with Crippen molar-refractivity contribution in [3.8, 4) is 11.8 Å². The van der Waals surface area contributed by atoms with E-state index in [-0.39, 0.29) is 28.4 Å². The van der Waals surface area contributed by atoms with E-state index in [1.807, 2.05) is 6.07 Å². The van der Waals surface area contributed by atoms with E-state index in [0.29, 0.717) is 17.8 Å². The van der Waals surface area contributed by atoms with Crippen LogP contribution in [0, 0.1) is 11.3 Å². The number of hydrogen-bond donors (Lipinski definition) is 1. The number of hydrogen-bond acceptors (Lipinski definition) is 5. The third-order valence-electron chi connectivity index (χ3n) is 2.82. The molecule has 1 aromatic carbocycles. The zero-order valence-electron chi connectivity index (χ0n) is 10.3. The Morgan fingerprint density at radius 1 is 1.58 bits per heavy atom. The van der Waals surface area contributed by atoms with Crippen molar-refractivity contribution in [2.45, 2.75) is 18.6 Å². The average molecular weight is 276 g/mol. The van der Waals surface area contributed by atoms with E-state index in [0.717, 1.165) is 11.8 Å². The van der Waals surface area contributed by atoms with Gasteiger partial charge in [-0.3, -0.25) is 9.59 Å². The van der Waals surface area contributed by atoms with Crippen LogP contribution in [0.5, 0.6) is 5.75 Å². The quantitative estimate of drug-likeness (QED) is 0.888. The van der Waals surface area contributed by atoms with Crippen LogP contribution in [0.4, 0.5) is 5.69 Å². The Bertz CT molecular complexity index is 580. The molecule has 1 unspecified atom stereocenters. The molecule has 0 aromatic heterocycles. The molecular weight excluding hydrogens is 264 g/mol. The third-order valence-corrected chi connectivity index (χ3v) is 3.80. The Hall–Kier alpha value is -2.00. The van der Waals surface area contributed by atoms with Crippen molar-refractivity contribution in [2.24, 2.45) is 0 Å². The predicted octanol–water partition coefficient (Wildman–Crippen LogP) is 1.65. The molecule has 1 aliphatic rings. The minimum absolute atomic E-state index is 0.0327. The van der Waals surface area contributed by atoms with E-state index in [9.17, 15) is 14.7 Å². The van der Waals surface area contributed by atoms with Crippen LogP contribution in [0.15, 0.2) is 18.2 Å². The molecule has 1 heterocycles. The smallest absolute Gasteiger partial charge is 0.228 e. The second-order valence-electron chi connectivity index (χ2n) is 4.26. The predicted molar refractivity (Wildman–Crippen MR) is 71.9 cm³/mol. The summed E-state index contributed by atoms with van der Waals surface area (Å²) in [5.74, 6) is -0.190. The van der Waals surface area contributed by atoms with Crippen LogP contribution in [0.1, 0.15) is 18.9 Å². The Morgan fingerprint density at radius 2 is 2.32 bits per heavy atom. The molecule has 2 rings (SSSR count). The lowest BCUT2D eigenvalue weighted by atomic mass is 10.2. The minimum atomic E-state index is -0.149. The van der Waals surface area contributed by atoms with Crippen LogP contribution in [0.3, 0.4) is 0 Å². The van der Waals surface area contributed by atoms with Crippen molar-refractivity contribution in [3.05, 3.63) is 23.8 Å². The number of phenols is 1. The first kappa shape index (κ1) is 13.4. The van der Waals surface area contributed by atoms with Gasteiger partial charge in [-0.15, -0.1) is 0 Å². The van der Waals surface area contributed by atoms with Gasteiger partial charge in [-0.1, -0.05) is 11.8 Å². The number of phenolic OH excluding ortho intramolecular Hbond substituents is 1. The molecule has 6 heteroatoms. The Balaban J connectivity index is 2.25. The number of nitrogens with zero attached hydrogens (tertiary/aromatic N) is 2. The molecule has 1 amide bonds. The summed E-state index contributed by atoms with van der Waals surface area (Å²) in [7, 11) is 0. The maximum absolute atomic E-state index is 11.9. The first-order chi connectivity index (χ1) is 9.01. The number of carbonyl (C=O) groups excluding carboxylic acids is 2. The molecule has 1 atom stereocenters. The topological polar surface area (TPSA) is 81.4 Å². The maximum Gasteiger partial charge on any atom is 0.228 e. The molecule has 19 heavy (non-hydrogen) atoms. The van der Waals surface area contributed by atoms with E-state index >= 15 is 0 Å². The number of thioether (sulfide) groups is 1. The number of benzene rings is 1. The molecule has 0 saturated carbocycles. The van der Waals surface area contributed by atoms with Crippen molar-refractivity contribution in [3.63, 3.8) is 0 Å². The van der Waals surface area contributed by atoms with E-state index in [1.54, 1.807) is 0 Å². The first-order valence-electron chi connectivity index (χ1n) is 5.72. The van der Waals surface area contributed by atoms with Crippen LogP contribution in [-0.2, 0) is 9.59 Å². The highest BCUT2D eigenvalue weighted by molar-refractivity contribution is 8.14. The van der Waals surface area contributed by atoms with Gasteiger partial charge in [0, 0.05) is 25.1 Å². The van der Waals surface area contributed by atoms with Gasteiger partial charge in [0.15, 0.2) is 5.12 Å². The van der Waals surface area contributed by atoms with Gasteiger partial charge < -0.3 is 10.0 Å². The van der Waals surface area contributed by atoms with E-state index in [4.69, 9.17) is 5.26 Å². The number of carbonyl (C=O) groups is 2. The lowest BCUT2D eigenvalue weighted by molar-refractivity contribution is -0.117. The third kappa shape index (κ3) is 2.88. The largest absolute Gasteiger partial charge is 0.506 e. The SMILES string of the molecule is CC(=O)SC1CC(=O)N(c2cc(C#N)ccc2O)C1. The number of nitriles is 1. The van der Waals surface area contributed by atoms with Gasteiger partial charge in [0.25, 0.3) is 0 Å². The monoisotopic (exact) mass is 276 g/mol. The van der Waals surface area contributed by atoms with Gasteiger partial charge in [0.2, 0.25) is 5.91 Å². The zero-order chi connectivity index (χ0) is 14.0. The van der Waals surface area contributed by atoms with Crippen molar-refractivity contribution in [1.82, 2.24) is 0 Å². The highest BCUT2D eigenvalue weighted by Crippen LogP contribution is 2.34. The molecule has 0 bridgehead atoms. The summed E-state index contributed by atoms with van der Waals surface area (Å²) in [4.78, 5) is 24.4. The molecule has 1 aromatic rings. The number of anilines is 1. The lowest BCUT2D eigenvalue weighted by Crippen LogP contribution is -2.25. The van der Waals surface area contributed by atoms with Gasteiger partial charge in [-0.05, 0) is 18.2 Å². The molecular formula is C13H12N2O3S. The van der Waals surface area contributed by atoms with Gasteiger partial charge in [0.05, 0.1) is 17.3 Å². The highest BCUT2D eigenvalue weighted by atomic mass is 32.2. The highest BCUT2D eigenvalue weighted by Gasteiger charge is 2.33. The minimum Gasteiger partial charge on any atom is -0.506 e. The summed E-state index contributed by atoms with van der Waals surface area (Å²) in [5, 5.41) is 18.5. The molecule has 1 aliphatic heterocycles. The Labute approximate surface area is 114 Å². The zero-order valence-corrected chi connectivity index (χ0v) is 11.1. The van der Waals surface area contributed by atoms with Crippen LogP contribution < -0.4 is 4.90 Å². The van der Waals surface area contributed by atoms with E-state index < -0.39 is 0 Å². The summed E-state index contributed by atoms with van der Waals surface area (Å²) in [6.07, 6.45) is 0.264. The van der Waals surface area contributed by atoms with Gasteiger partial charge in [-0.25, -0.2) is 0 Å². The molecule has 5 nitrogen and oxygen atoms in total. The van der Waals surface area contributed by atoms with Crippen molar-refractivity contribution < 1.29 is 14.7 Å². The molecule has 0 radical (unpaired) electrons. The van der Waals surface area contributed by atoms with Crippen LogP contribution in [0.2, 0.25) is 0 Å². The van der Waals surface area contributed by atoms with Crippen LogP contribution in [-0.4, -0.2) is 27.9 Å². The fourth-order valence-electron chi connectivity index (χ4n) is 2.03. The molecule has 1 fully saturated rings. The second-order valence-corrected chi connectivity index (χ2v) is 5.73.